The van der Waals surface area contributed by atoms with Gasteiger partial charge in [-0.1, -0.05) is 59.9 Å². The number of hydrogen-bond acceptors (Lipinski definition) is 2. The lowest BCUT2D eigenvalue weighted by Gasteiger charge is -2.01. The minimum Gasteiger partial charge on any atom is -0.319 e. The number of aromatic nitrogens is 1. The molecular formula is C18H14N2S. The van der Waals surface area contributed by atoms with E-state index in [4.69, 9.17) is 1.37 Å². The van der Waals surface area contributed by atoms with Gasteiger partial charge in [-0.3, -0.25) is 0 Å². The molecule has 102 valence electrons. The van der Waals surface area contributed by atoms with Crippen molar-refractivity contribution in [2.75, 3.05) is 0 Å². The van der Waals surface area contributed by atoms with E-state index >= 15 is 0 Å². The van der Waals surface area contributed by atoms with Gasteiger partial charge >= 0.3 is 0 Å². The Balaban J connectivity index is 2.07. The lowest BCUT2D eigenvalue weighted by Crippen LogP contribution is -2.09. The maximum atomic E-state index is 7.96. The number of para-hydroxylation sites is 1. The summed E-state index contributed by atoms with van der Waals surface area (Å²) in [6.45, 7) is 0. The molecule has 0 aliphatic rings. The van der Waals surface area contributed by atoms with Gasteiger partial charge in [0.2, 0.25) is 0 Å². The number of fused-ring (bicyclic) bond motifs is 3. The van der Waals surface area contributed by atoms with Crippen LogP contribution in [0, 0.1) is 0 Å². The van der Waals surface area contributed by atoms with Crippen molar-refractivity contribution in [1.29, 1.82) is 0 Å². The minimum atomic E-state index is 0.449. The first-order valence-electron chi connectivity index (χ1n) is 7.32. The average Bonchev–Trinajstić information content (AvgIpc) is 2.86. The highest BCUT2D eigenvalue weighted by atomic mass is 32.1. The van der Waals surface area contributed by atoms with E-state index in [2.05, 4.69) is 46.0 Å². The molecular weight excluding hydrogens is 276 g/mol. The van der Waals surface area contributed by atoms with E-state index in [1.807, 2.05) is 25.2 Å². The molecule has 0 fully saturated rings. The van der Waals surface area contributed by atoms with E-state index in [1.165, 1.54) is 21.0 Å². The normalized spacial score (nSPS) is 13.0. The van der Waals surface area contributed by atoms with Crippen molar-refractivity contribution < 1.29 is 1.37 Å². The third kappa shape index (κ3) is 2.06. The smallest absolute Gasteiger partial charge is 0.190 e. The third-order valence-electron chi connectivity index (χ3n) is 3.60. The standard InChI is InChI=1S/C18H14N2S/c1-20-17-15-10-6-5-7-13(15)11-12-16(17)21-18(20)19-14-8-3-2-4-9-14/h2-12H,1H3/i8T. The van der Waals surface area contributed by atoms with Crippen molar-refractivity contribution >= 4 is 38.0 Å². The summed E-state index contributed by atoms with van der Waals surface area (Å²) in [5, 5.41) is 2.47. The Morgan fingerprint density at radius 2 is 1.86 bits per heavy atom. The van der Waals surface area contributed by atoms with E-state index in [9.17, 15) is 0 Å². The predicted molar refractivity (Wildman–Crippen MR) is 90.0 cm³/mol. The molecule has 0 saturated heterocycles. The van der Waals surface area contributed by atoms with Crippen molar-refractivity contribution in [2.24, 2.45) is 12.0 Å². The molecule has 0 atom stereocenters. The van der Waals surface area contributed by atoms with Crippen LogP contribution in [-0.4, -0.2) is 4.57 Å². The fourth-order valence-corrected chi connectivity index (χ4v) is 3.63. The zero-order chi connectivity index (χ0) is 15.1. The summed E-state index contributed by atoms with van der Waals surface area (Å²) >= 11 is 1.66. The maximum Gasteiger partial charge on any atom is 0.190 e. The van der Waals surface area contributed by atoms with E-state index in [1.54, 1.807) is 17.4 Å². The van der Waals surface area contributed by atoms with Crippen LogP contribution in [0.4, 0.5) is 5.69 Å². The summed E-state index contributed by atoms with van der Waals surface area (Å²) in [4.78, 5) is 5.59. The second-order valence-corrected chi connectivity index (χ2v) is 5.95. The molecule has 0 aliphatic heterocycles. The summed E-state index contributed by atoms with van der Waals surface area (Å²) in [6.07, 6.45) is 0. The molecule has 0 spiro atoms. The zero-order valence-electron chi connectivity index (χ0n) is 12.6. The number of rotatable bonds is 1. The quantitative estimate of drug-likeness (QED) is 0.487. The molecule has 4 aromatic rings. The molecule has 0 saturated carbocycles. The van der Waals surface area contributed by atoms with E-state index in [0.29, 0.717) is 11.7 Å². The van der Waals surface area contributed by atoms with Crippen molar-refractivity contribution in [3.8, 4) is 0 Å². The first kappa shape index (κ1) is 11.3. The molecule has 21 heavy (non-hydrogen) atoms. The largest absolute Gasteiger partial charge is 0.319 e. The molecule has 0 aliphatic carbocycles. The Labute approximate surface area is 128 Å². The Hall–Kier alpha value is -2.39. The zero-order valence-corrected chi connectivity index (χ0v) is 12.4. The van der Waals surface area contributed by atoms with Crippen molar-refractivity contribution in [2.45, 2.75) is 0 Å². The monoisotopic (exact) mass is 292 g/mol. The van der Waals surface area contributed by atoms with Gasteiger partial charge in [0, 0.05) is 12.4 Å². The first-order valence-corrected chi connectivity index (χ1v) is 7.63. The molecule has 0 amide bonds. The molecule has 0 bridgehead atoms. The van der Waals surface area contributed by atoms with Crippen LogP contribution in [0.2, 0.25) is 0 Å². The van der Waals surface area contributed by atoms with Gasteiger partial charge in [0.15, 0.2) is 4.80 Å². The number of benzene rings is 3. The molecule has 4 rings (SSSR count). The lowest BCUT2D eigenvalue weighted by molar-refractivity contribution is 0.916. The summed E-state index contributed by atoms with van der Waals surface area (Å²) in [7, 11) is 2.04. The van der Waals surface area contributed by atoms with Crippen LogP contribution < -0.4 is 4.80 Å². The summed E-state index contributed by atoms with van der Waals surface area (Å²) < 4.78 is 11.3. The number of nitrogens with zero attached hydrogens (tertiary/aromatic N) is 2. The van der Waals surface area contributed by atoms with Gasteiger partial charge in [0.25, 0.3) is 0 Å². The molecule has 0 unspecified atom stereocenters. The minimum absolute atomic E-state index is 0.449. The summed E-state index contributed by atoms with van der Waals surface area (Å²) in [5.74, 6) is 0. The van der Waals surface area contributed by atoms with Gasteiger partial charge in [-0.25, -0.2) is 4.99 Å². The predicted octanol–water partition coefficient (Wildman–Crippen LogP) is 4.63. The highest BCUT2D eigenvalue weighted by Crippen LogP contribution is 2.26. The number of aryl methyl sites for hydroxylation is 1. The van der Waals surface area contributed by atoms with E-state index in [0.717, 1.165) is 4.80 Å². The second kappa shape index (κ2) is 4.86. The fourth-order valence-electron chi connectivity index (χ4n) is 2.58. The molecule has 3 aromatic carbocycles. The van der Waals surface area contributed by atoms with Crippen LogP contribution in [0.3, 0.4) is 0 Å². The van der Waals surface area contributed by atoms with Gasteiger partial charge in [-0.15, -0.1) is 0 Å². The third-order valence-corrected chi connectivity index (χ3v) is 4.69. The van der Waals surface area contributed by atoms with Gasteiger partial charge in [0.05, 0.1) is 17.3 Å². The lowest BCUT2D eigenvalue weighted by atomic mass is 10.1. The first-order chi connectivity index (χ1) is 10.7. The van der Waals surface area contributed by atoms with Crippen LogP contribution in [0.15, 0.2) is 71.7 Å². The molecule has 0 N–H and O–H groups in total. The molecule has 2 nitrogen and oxygen atoms in total. The summed E-state index contributed by atoms with van der Waals surface area (Å²) in [6, 6.07) is 20.6. The van der Waals surface area contributed by atoms with Crippen molar-refractivity contribution in [3.63, 3.8) is 0 Å². The molecule has 1 aromatic heterocycles. The van der Waals surface area contributed by atoms with Crippen molar-refractivity contribution in [3.05, 3.63) is 71.5 Å². The summed E-state index contributed by atoms with van der Waals surface area (Å²) in [5.41, 5.74) is 1.90. The Morgan fingerprint density at radius 1 is 1.00 bits per heavy atom. The van der Waals surface area contributed by atoms with E-state index in [-0.39, 0.29) is 0 Å². The van der Waals surface area contributed by atoms with Crippen LogP contribution in [0.25, 0.3) is 21.0 Å². The average molecular weight is 292 g/mol. The van der Waals surface area contributed by atoms with Crippen LogP contribution in [0.5, 0.6) is 0 Å². The van der Waals surface area contributed by atoms with Crippen LogP contribution in [-0.2, 0) is 7.05 Å². The second-order valence-electron chi connectivity index (χ2n) is 4.94. The SMILES string of the molecule is [3H]c1ccccc1N=c1sc2ccc3ccccc3c2n1C. The van der Waals surface area contributed by atoms with E-state index < -0.39 is 0 Å². The molecule has 3 heteroatoms. The maximum absolute atomic E-state index is 7.96. The van der Waals surface area contributed by atoms with Gasteiger partial charge in [-0.2, -0.15) is 0 Å². The van der Waals surface area contributed by atoms with Gasteiger partial charge < -0.3 is 4.57 Å². The fraction of sp³-hybridized carbons (Fsp3) is 0.0556. The van der Waals surface area contributed by atoms with Gasteiger partial charge in [0.1, 0.15) is 0 Å². The Bertz CT molecular complexity index is 1060. The number of thiazole rings is 1. The van der Waals surface area contributed by atoms with Crippen LogP contribution >= 0.6 is 11.3 Å². The molecule has 0 radical (unpaired) electrons. The molecule has 1 heterocycles. The highest BCUT2D eigenvalue weighted by Gasteiger charge is 2.06. The van der Waals surface area contributed by atoms with Gasteiger partial charge in [-0.05, 0) is 23.6 Å². The Morgan fingerprint density at radius 3 is 2.76 bits per heavy atom. The highest BCUT2D eigenvalue weighted by molar-refractivity contribution is 7.16. The Kier molecular flexibility index (Phi) is 2.61. The topological polar surface area (TPSA) is 17.3 Å². The number of hydrogen-bond donors (Lipinski definition) is 0. The van der Waals surface area contributed by atoms with Crippen molar-refractivity contribution in [1.82, 2.24) is 4.57 Å². The van der Waals surface area contributed by atoms with Crippen LogP contribution in [0.1, 0.15) is 1.37 Å².